The summed E-state index contributed by atoms with van der Waals surface area (Å²) in [5.74, 6) is 0. The SMILES string of the molecule is Clc1ccc(C2CC=N[N+]2(c2ccc(Cl)cc2Cl)C2CCCCCCC2)cc1. The van der Waals surface area contributed by atoms with Crippen molar-refractivity contribution in [3.8, 4) is 0 Å². The van der Waals surface area contributed by atoms with E-state index in [0.717, 1.165) is 17.1 Å². The summed E-state index contributed by atoms with van der Waals surface area (Å²) in [5, 5.41) is 7.28. The first-order chi connectivity index (χ1) is 13.6. The zero-order valence-corrected chi connectivity index (χ0v) is 18.2. The van der Waals surface area contributed by atoms with Crippen molar-refractivity contribution < 1.29 is 0 Å². The van der Waals surface area contributed by atoms with Gasteiger partial charge in [0.2, 0.25) is 0 Å². The molecule has 0 saturated heterocycles. The molecule has 1 fully saturated rings. The van der Waals surface area contributed by atoms with Crippen LogP contribution in [0.3, 0.4) is 0 Å². The lowest BCUT2D eigenvalue weighted by molar-refractivity contribution is 0.138. The van der Waals surface area contributed by atoms with Crippen LogP contribution in [-0.2, 0) is 0 Å². The maximum atomic E-state index is 6.77. The van der Waals surface area contributed by atoms with Crippen LogP contribution in [-0.4, -0.2) is 12.3 Å². The van der Waals surface area contributed by atoms with E-state index >= 15 is 0 Å². The van der Waals surface area contributed by atoms with Crippen molar-refractivity contribution in [3.05, 3.63) is 63.1 Å². The summed E-state index contributed by atoms with van der Waals surface area (Å²) < 4.78 is 0.553. The van der Waals surface area contributed by atoms with Gasteiger partial charge >= 0.3 is 0 Å². The molecule has 1 aliphatic carbocycles. The molecule has 0 aromatic heterocycles. The van der Waals surface area contributed by atoms with Gasteiger partial charge in [-0.05, 0) is 37.1 Å². The van der Waals surface area contributed by atoms with Crippen molar-refractivity contribution in [3.63, 3.8) is 0 Å². The molecule has 2 nitrogen and oxygen atoms in total. The first-order valence-electron chi connectivity index (χ1n) is 10.2. The number of benzene rings is 2. The van der Waals surface area contributed by atoms with Gasteiger partial charge in [-0.3, -0.25) is 0 Å². The Kier molecular flexibility index (Phi) is 6.32. The molecule has 1 aliphatic heterocycles. The van der Waals surface area contributed by atoms with E-state index in [-0.39, 0.29) is 6.04 Å². The topological polar surface area (TPSA) is 12.4 Å². The minimum atomic E-state index is 0.209. The third-order valence-electron chi connectivity index (χ3n) is 6.26. The second kappa shape index (κ2) is 8.75. The molecule has 0 amide bonds. The van der Waals surface area contributed by atoms with Gasteiger partial charge in [0.25, 0.3) is 0 Å². The van der Waals surface area contributed by atoms with Gasteiger partial charge in [-0.1, -0.05) is 71.3 Å². The molecule has 1 heterocycles. The fourth-order valence-electron chi connectivity index (χ4n) is 4.95. The molecule has 148 valence electrons. The lowest BCUT2D eigenvalue weighted by Gasteiger charge is -2.42. The lowest BCUT2D eigenvalue weighted by Crippen LogP contribution is -2.53. The van der Waals surface area contributed by atoms with Crippen LogP contribution in [0.15, 0.2) is 47.6 Å². The Bertz CT molecular complexity index is 841. The highest BCUT2D eigenvalue weighted by Gasteiger charge is 2.50. The number of quaternary nitrogens is 1. The standard InChI is InChI=1S/C23H26Cl3N2/c24-18-10-8-17(9-11-18)22-14-15-27-28(22,20-6-4-2-1-3-5-7-20)23-13-12-19(25)16-21(23)26/h8-13,15-16,20,22H,1-7,14H2/q+1. The first kappa shape index (κ1) is 20.2. The third kappa shape index (κ3) is 3.85. The monoisotopic (exact) mass is 435 g/mol. The zero-order valence-electron chi connectivity index (χ0n) is 16.0. The highest BCUT2D eigenvalue weighted by atomic mass is 35.5. The Morgan fingerprint density at radius 2 is 1.43 bits per heavy atom. The van der Waals surface area contributed by atoms with Crippen molar-refractivity contribution >= 4 is 46.7 Å². The summed E-state index contributed by atoms with van der Waals surface area (Å²) in [5.41, 5.74) is 2.32. The maximum absolute atomic E-state index is 6.77. The van der Waals surface area contributed by atoms with Crippen LogP contribution in [0.4, 0.5) is 5.69 Å². The summed E-state index contributed by atoms with van der Waals surface area (Å²) in [7, 11) is 0. The van der Waals surface area contributed by atoms with Gasteiger partial charge in [-0.25, -0.2) is 0 Å². The molecule has 2 aromatic carbocycles. The number of nitrogens with zero attached hydrogens (tertiary/aromatic N) is 2. The van der Waals surface area contributed by atoms with Crippen LogP contribution in [0.25, 0.3) is 0 Å². The molecular formula is C23H26Cl3N2+. The van der Waals surface area contributed by atoms with Crippen molar-refractivity contribution in [1.82, 2.24) is 4.59 Å². The molecular weight excluding hydrogens is 411 g/mol. The zero-order chi connectivity index (χ0) is 19.6. The average molecular weight is 437 g/mol. The highest BCUT2D eigenvalue weighted by Crippen LogP contribution is 2.49. The van der Waals surface area contributed by atoms with E-state index in [2.05, 4.69) is 24.4 Å². The number of halogens is 3. The van der Waals surface area contributed by atoms with E-state index in [4.69, 9.17) is 39.9 Å². The third-order valence-corrected chi connectivity index (χ3v) is 7.05. The van der Waals surface area contributed by atoms with E-state index in [1.54, 1.807) is 0 Å². The van der Waals surface area contributed by atoms with E-state index < -0.39 is 0 Å². The van der Waals surface area contributed by atoms with Crippen LogP contribution in [0.1, 0.15) is 63.0 Å². The second-order valence-electron chi connectivity index (χ2n) is 7.93. The minimum Gasteiger partial charge on any atom is -0.156 e. The summed E-state index contributed by atoms with van der Waals surface area (Å²) in [6, 6.07) is 14.7. The predicted molar refractivity (Wildman–Crippen MR) is 122 cm³/mol. The van der Waals surface area contributed by atoms with Gasteiger partial charge < -0.3 is 0 Å². The quantitative estimate of drug-likeness (QED) is 0.430. The Labute approximate surface area is 182 Å². The van der Waals surface area contributed by atoms with Crippen LogP contribution in [0.2, 0.25) is 15.1 Å². The normalized spacial score (nSPS) is 26.2. The van der Waals surface area contributed by atoms with Crippen LogP contribution in [0, 0.1) is 0 Å². The molecule has 1 saturated carbocycles. The molecule has 2 aromatic rings. The molecule has 2 unspecified atom stereocenters. The van der Waals surface area contributed by atoms with Crippen LogP contribution < -0.4 is 4.59 Å². The molecule has 0 radical (unpaired) electrons. The number of rotatable bonds is 3. The lowest BCUT2D eigenvalue weighted by atomic mass is 9.91. The summed E-state index contributed by atoms with van der Waals surface area (Å²) in [6.45, 7) is 0. The highest BCUT2D eigenvalue weighted by molar-refractivity contribution is 6.36. The van der Waals surface area contributed by atoms with Gasteiger partial charge in [-0.2, -0.15) is 4.59 Å². The predicted octanol–water partition coefficient (Wildman–Crippen LogP) is 8.20. The fourth-order valence-corrected chi connectivity index (χ4v) is 5.62. The fraction of sp³-hybridized carbons (Fsp3) is 0.435. The summed E-state index contributed by atoms with van der Waals surface area (Å²) >= 11 is 19.2. The van der Waals surface area contributed by atoms with E-state index in [0.29, 0.717) is 20.7 Å². The second-order valence-corrected chi connectivity index (χ2v) is 9.21. The van der Waals surface area contributed by atoms with Crippen LogP contribution in [0.5, 0.6) is 0 Å². The van der Waals surface area contributed by atoms with E-state index in [1.165, 1.54) is 50.5 Å². The summed E-state index contributed by atoms with van der Waals surface area (Å²) in [4.78, 5) is 0. The van der Waals surface area contributed by atoms with E-state index in [1.807, 2.05) is 24.3 Å². The molecule has 4 rings (SSSR count). The van der Waals surface area contributed by atoms with Crippen molar-refractivity contribution in [2.45, 2.75) is 63.5 Å². The molecule has 0 spiro atoms. The van der Waals surface area contributed by atoms with Gasteiger partial charge in [0, 0.05) is 40.9 Å². The van der Waals surface area contributed by atoms with Crippen molar-refractivity contribution in [2.24, 2.45) is 5.10 Å². The molecule has 5 heteroatoms. The van der Waals surface area contributed by atoms with Gasteiger partial charge in [0.15, 0.2) is 5.69 Å². The van der Waals surface area contributed by atoms with Gasteiger partial charge in [0.1, 0.15) is 17.1 Å². The van der Waals surface area contributed by atoms with Gasteiger partial charge in [-0.15, -0.1) is 0 Å². The largest absolute Gasteiger partial charge is 0.178 e. The Balaban J connectivity index is 1.84. The number of hydrogen-bond acceptors (Lipinski definition) is 1. The molecule has 28 heavy (non-hydrogen) atoms. The van der Waals surface area contributed by atoms with Crippen molar-refractivity contribution in [2.75, 3.05) is 0 Å². The summed E-state index contributed by atoms with van der Waals surface area (Å²) in [6.07, 6.45) is 11.8. The molecule has 0 bridgehead atoms. The Morgan fingerprint density at radius 3 is 2.11 bits per heavy atom. The minimum absolute atomic E-state index is 0.209. The number of hydrogen-bond donors (Lipinski definition) is 0. The molecule has 0 N–H and O–H groups in total. The Morgan fingerprint density at radius 1 is 0.786 bits per heavy atom. The van der Waals surface area contributed by atoms with E-state index in [9.17, 15) is 0 Å². The first-order valence-corrected chi connectivity index (χ1v) is 11.4. The average Bonchev–Trinajstić information content (AvgIpc) is 3.07. The van der Waals surface area contributed by atoms with Crippen LogP contribution >= 0.6 is 34.8 Å². The molecule has 2 atom stereocenters. The van der Waals surface area contributed by atoms with Gasteiger partial charge in [0.05, 0.1) is 6.21 Å². The van der Waals surface area contributed by atoms with Crippen molar-refractivity contribution in [1.29, 1.82) is 0 Å². The Hall–Kier alpha value is -1.06. The smallest absolute Gasteiger partial charge is 0.156 e. The molecule has 2 aliphatic rings. The maximum Gasteiger partial charge on any atom is 0.178 e.